The van der Waals surface area contributed by atoms with Crippen LogP contribution in [0.5, 0.6) is 0 Å². The molecule has 4 rings (SSSR count). The lowest BCUT2D eigenvalue weighted by Gasteiger charge is -2.14. The third-order valence-corrected chi connectivity index (χ3v) is 4.33. The average Bonchev–Trinajstić information content (AvgIpc) is 3.25. The first-order valence-electron chi connectivity index (χ1n) is 7.62. The minimum Gasteiger partial charge on any atom is -0.310 e. The van der Waals surface area contributed by atoms with Crippen LogP contribution in [-0.4, -0.2) is 18.4 Å². The van der Waals surface area contributed by atoms with Gasteiger partial charge < -0.3 is 5.32 Å². The number of nitrogens with zero attached hydrogens (tertiary/aromatic N) is 2. The Morgan fingerprint density at radius 3 is 2.48 bits per heavy atom. The van der Waals surface area contributed by atoms with E-state index in [4.69, 9.17) is 11.6 Å². The minimum absolute atomic E-state index is 0.160. The fourth-order valence-electron chi connectivity index (χ4n) is 2.78. The molecular weight excluding hydrogens is 340 g/mol. The van der Waals surface area contributed by atoms with Crippen molar-refractivity contribution in [1.29, 1.82) is 0 Å². The van der Waals surface area contributed by atoms with Gasteiger partial charge in [0, 0.05) is 27.5 Å². The monoisotopic (exact) mass is 354 g/mol. The van der Waals surface area contributed by atoms with Gasteiger partial charge in [0.05, 0.1) is 6.54 Å². The molecule has 0 atom stereocenters. The molecule has 4 N–H and O–H groups in total. The number of amides is 2. The predicted octanol–water partition coefficient (Wildman–Crippen LogP) is 2.32. The van der Waals surface area contributed by atoms with Crippen molar-refractivity contribution in [3.05, 3.63) is 65.3 Å². The highest BCUT2D eigenvalue weighted by Crippen LogP contribution is 2.31. The second-order valence-electron chi connectivity index (χ2n) is 5.68. The van der Waals surface area contributed by atoms with Gasteiger partial charge in [0.25, 0.3) is 0 Å². The molecular formula is C17H15ClN6O. The van der Waals surface area contributed by atoms with E-state index < -0.39 is 0 Å². The van der Waals surface area contributed by atoms with Crippen LogP contribution in [0, 0.1) is 0 Å². The maximum atomic E-state index is 11.9. The smallest absolute Gasteiger partial charge is 0.310 e. The number of rotatable bonds is 3. The Bertz CT molecular complexity index is 893. The molecule has 0 unspecified atom stereocenters. The summed E-state index contributed by atoms with van der Waals surface area (Å²) < 4.78 is 0. The van der Waals surface area contributed by atoms with Crippen LogP contribution in [0.15, 0.2) is 59.8 Å². The molecule has 0 aromatic heterocycles. The molecule has 2 aromatic rings. The van der Waals surface area contributed by atoms with Gasteiger partial charge in [0.2, 0.25) is 0 Å². The van der Waals surface area contributed by atoms with Crippen molar-refractivity contribution in [3.63, 3.8) is 0 Å². The molecule has 0 radical (unpaired) electrons. The van der Waals surface area contributed by atoms with Gasteiger partial charge in [0.15, 0.2) is 5.84 Å². The summed E-state index contributed by atoms with van der Waals surface area (Å²) in [7, 11) is 0. The summed E-state index contributed by atoms with van der Waals surface area (Å²) in [6.07, 6.45) is 0. The summed E-state index contributed by atoms with van der Waals surface area (Å²) in [6.45, 7) is 4.26. The van der Waals surface area contributed by atoms with Crippen molar-refractivity contribution in [3.8, 4) is 11.1 Å². The molecule has 2 aliphatic heterocycles. The number of hydrazine groups is 2. The van der Waals surface area contributed by atoms with Crippen LogP contribution in [0.1, 0.15) is 5.56 Å². The largest absolute Gasteiger partial charge is 0.326 e. The van der Waals surface area contributed by atoms with E-state index in [1.807, 2.05) is 42.5 Å². The van der Waals surface area contributed by atoms with Crippen molar-refractivity contribution in [2.24, 2.45) is 5.10 Å². The highest BCUT2D eigenvalue weighted by atomic mass is 35.5. The maximum absolute atomic E-state index is 11.9. The van der Waals surface area contributed by atoms with Gasteiger partial charge in [-0.3, -0.25) is 10.3 Å². The van der Waals surface area contributed by atoms with E-state index in [1.54, 1.807) is 4.90 Å². The SMILES string of the molecule is C=C1CN(c2ccc(-c3ccc(C4=NNNN4)cc3Cl)cc2)C(=O)N1. The van der Waals surface area contributed by atoms with E-state index >= 15 is 0 Å². The van der Waals surface area contributed by atoms with E-state index in [0.717, 1.165) is 22.4 Å². The lowest BCUT2D eigenvalue weighted by molar-refractivity contribution is 0.252. The lowest BCUT2D eigenvalue weighted by atomic mass is 10.0. The van der Waals surface area contributed by atoms with Crippen LogP contribution in [0.25, 0.3) is 11.1 Å². The molecule has 1 fully saturated rings. The van der Waals surface area contributed by atoms with Gasteiger partial charge in [-0.05, 0) is 23.8 Å². The van der Waals surface area contributed by atoms with E-state index in [1.165, 1.54) is 0 Å². The van der Waals surface area contributed by atoms with Gasteiger partial charge in [-0.15, -0.1) is 10.6 Å². The Morgan fingerprint density at radius 1 is 1.12 bits per heavy atom. The molecule has 2 aromatic carbocycles. The molecule has 2 amide bonds. The molecule has 1 saturated heterocycles. The standard InChI is InChI=1S/C17H15ClN6O/c1-10-9-24(17(25)19-10)13-5-2-11(3-6-13)14-7-4-12(8-15(14)18)16-20-22-23-21-16/h2-8,22-23H,1,9H2,(H,19,25)(H,20,21). The summed E-state index contributed by atoms with van der Waals surface area (Å²) in [4.78, 5) is 13.5. The Hall–Kier alpha value is -3.03. The zero-order valence-corrected chi connectivity index (χ0v) is 13.9. The van der Waals surface area contributed by atoms with Gasteiger partial charge in [-0.1, -0.05) is 42.4 Å². The number of carbonyl (C=O) groups excluding carboxylic acids is 1. The van der Waals surface area contributed by atoms with E-state index in [0.29, 0.717) is 23.1 Å². The number of nitrogens with one attached hydrogen (secondary N) is 4. The zero-order valence-electron chi connectivity index (χ0n) is 13.1. The van der Waals surface area contributed by atoms with E-state index in [-0.39, 0.29) is 6.03 Å². The fraction of sp³-hybridized carbons (Fsp3) is 0.0588. The number of carbonyl (C=O) groups is 1. The molecule has 8 heteroatoms. The summed E-state index contributed by atoms with van der Waals surface area (Å²) in [5, 5.41) is 7.37. The van der Waals surface area contributed by atoms with Crippen molar-refractivity contribution in [1.82, 2.24) is 21.8 Å². The van der Waals surface area contributed by atoms with Crippen LogP contribution in [0.2, 0.25) is 5.02 Å². The molecule has 0 saturated carbocycles. The Morgan fingerprint density at radius 2 is 1.88 bits per heavy atom. The van der Waals surface area contributed by atoms with Crippen LogP contribution < -0.4 is 26.7 Å². The topological polar surface area (TPSA) is 80.8 Å². The Kier molecular flexibility index (Phi) is 3.79. The molecule has 0 aliphatic carbocycles. The molecule has 126 valence electrons. The zero-order chi connectivity index (χ0) is 17.4. The number of benzene rings is 2. The number of anilines is 1. The lowest BCUT2D eigenvalue weighted by Crippen LogP contribution is -2.35. The van der Waals surface area contributed by atoms with Crippen molar-refractivity contribution in [2.75, 3.05) is 11.4 Å². The van der Waals surface area contributed by atoms with Gasteiger partial charge in [-0.25, -0.2) is 10.3 Å². The molecule has 2 heterocycles. The van der Waals surface area contributed by atoms with Gasteiger partial charge in [0.1, 0.15) is 0 Å². The highest BCUT2D eigenvalue weighted by molar-refractivity contribution is 6.33. The van der Waals surface area contributed by atoms with Crippen molar-refractivity contribution >= 4 is 29.2 Å². The fourth-order valence-corrected chi connectivity index (χ4v) is 3.07. The second kappa shape index (κ2) is 6.12. The average molecular weight is 355 g/mol. The third-order valence-electron chi connectivity index (χ3n) is 4.01. The summed E-state index contributed by atoms with van der Waals surface area (Å²) in [6, 6.07) is 13.3. The van der Waals surface area contributed by atoms with Crippen LogP contribution >= 0.6 is 11.6 Å². The predicted molar refractivity (Wildman–Crippen MR) is 97.8 cm³/mol. The van der Waals surface area contributed by atoms with Crippen LogP contribution in [-0.2, 0) is 0 Å². The van der Waals surface area contributed by atoms with Crippen LogP contribution in [0.4, 0.5) is 10.5 Å². The number of hydrogen-bond donors (Lipinski definition) is 4. The van der Waals surface area contributed by atoms with Crippen molar-refractivity contribution in [2.45, 2.75) is 0 Å². The third kappa shape index (κ3) is 2.90. The number of hydrogen-bond acceptors (Lipinski definition) is 5. The number of hydrazone groups is 1. The molecule has 0 bridgehead atoms. The van der Waals surface area contributed by atoms with Crippen molar-refractivity contribution < 1.29 is 4.79 Å². The summed E-state index contributed by atoms with van der Waals surface area (Å²) in [5.41, 5.74) is 12.4. The maximum Gasteiger partial charge on any atom is 0.326 e. The van der Waals surface area contributed by atoms with Gasteiger partial charge in [-0.2, -0.15) is 0 Å². The quantitative estimate of drug-likeness (QED) is 0.682. The first kappa shape index (κ1) is 15.5. The first-order chi connectivity index (χ1) is 12.1. The summed E-state index contributed by atoms with van der Waals surface area (Å²) >= 11 is 6.44. The van der Waals surface area contributed by atoms with E-state index in [2.05, 4.69) is 33.5 Å². The number of amidine groups is 1. The normalized spacial score (nSPS) is 16.4. The highest BCUT2D eigenvalue weighted by Gasteiger charge is 2.24. The van der Waals surface area contributed by atoms with Crippen LogP contribution in [0.3, 0.4) is 0 Å². The first-order valence-corrected chi connectivity index (χ1v) is 8.00. The van der Waals surface area contributed by atoms with E-state index in [9.17, 15) is 4.79 Å². The summed E-state index contributed by atoms with van der Waals surface area (Å²) in [5.74, 6) is 0.670. The second-order valence-corrected chi connectivity index (χ2v) is 6.09. The Balaban J connectivity index is 1.60. The number of urea groups is 1. The molecule has 0 spiro atoms. The molecule has 25 heavy (non-hydrogen) atoms. The molecule has 2 aliphatic rings. The minimum atomic E-state index is -0.160. The van der Waals surface area contributed by atoms with Gasteiger partial charge >= 0.3 is 6.03 Å². The Labute approximate surface area is 149 Å². The number of halogens is 1. The molecule has 7 nitrogen and oxygen atoms in total.